The second-order valence-corrected chi connectivity index (χ2v) is 5.17. The van der Waals surface area contributed by atoms with Crippen LogP contribution in [0.1, 0.15) is 26.7 Å². The molecular weight excluding hydrogens is 226 g/mol. The summed E-state index contributed by atoms with van der Waals surface area (Å²) >= 11 is 4.23. The van der Waals surface area contributed by atoms with Crippen LogP contribution in [0.3, 0.4) is 0 Å². The minimum atomic E-state index is 0.0148. The minimum Gasteiger partial charge on any atom is -0.394 e. The Bertz CT molecular complexity index is 143. The predicted octanol–water partition coefficient (Wildman–Crippen LogP) is 0.889. The van der Waals surface area contributed by atoms with E-state index in [1.807, 2.05) is 20.9 Å². The number of hydrogen-bond donors (Lipinski definition) is 3. The van der Waals surface area contributed by atoms with E-state index in [1.165, 1.54) is 0 Å². The SMILES string of the molecule is CC(C)(S)CCC=O.CNCCOCCO. The molecule has 0 fully saturated rings. The highest BCUT2D eigenvalue weighted by atomic mass is 32.1. The fraction of sp³-hybridized carbons (Fsp3) is 0.909. The third kappa shape index (κ3) is 23.6. The quantitative estimate of drug-likeness (QED) is 0.341. The first-order chi connectivity index (χ1) is 7.47. The number of carbonyl (C=O) groups is 1. The highest BCUT2D eigenvalue weighted by molar-refractivity contribution is 7.81. The number of carbonyl (C=O) groups excluding carboxylic acids is 1. The van der Waals surface area contributed by atoms with Gasteiger partial charge in [0.05, 0.1) is 19.8 Å². The van der Waals surface area contributed by atoms with Crippen LogP contribution in [0.4, 0.5) is 0 Å². The largest absolute Gasteiger partial charge is 0.394 e. The van der Waals surface area contributed by atoms with Gasteiger partial charge in [0.25, 0.3) is 0 Å². The number of nitrogens with one attached hydrogen (secondary N) is 1. The molecule has 0 rings (SSSR count). The molecule has 0 saturated heterocycles. The molecule has 0 saturated carbocycles. The van der Waals surface area contributed by atoms with E-state index >= 15 is 0 Å². The lowest BCUT2D eigenvalue weighted by molar-refractivity contribution is -0.108. The van der Waals surface area contributed by atoms with Crippen molar-refractivity contribution in [1.82, 2.24) is 5.32 Å². The van der Waals surface area contributed by atoms with Crippen molar-refractivity contribution in [3.63, 3.8) is 0 Å². The van der Waals surface area contributed by atoms with Gasteiger partial charge in [-0.15, -0.1) is 0 Å². The van der Waals surface area contributed by atoms with E-state index < -0.39 is 0 Å². The average molecular weight is 251 g/mol. The molecule has 4 nitrogen and oxygen atoms in total. The third-order valence-corrected chi connectivity index (χ3v) is 1.83. The smallest absolute Gasteiger partial charge is 0.120 e. The van der Waals surface area contributed by atoms with Crippen LogP contribution in [0.25, 0.3) is 0 Å². The molecule has 0 aromatic rings. The van der Waals surface area contributed by atoms with Gasteiger partial charge in [0.2, 0.25) is 0 Å². The molecule has 0 aromatic heterocycles. The van der Waals surface area contributed by atoms with Gasteiger partial charge in [0, 0.05) is 17.7 Å². The van der Waals surface area contributed by atoms with E-state index in [2.05, 4.69) is 17.9 Å². The summed E-state index contributed by atoms with van der Waals surface area (Å²) in [6, 6.07) is 0. The highest BCUT2D eigenvalue weighted by Gasteiger charge is 2.08. The molecule has 0 amide bonds. The van der Waals surface area contributed by atoms with Gasteiger partial charge in [-0.3, -0.25) is 0 Å². The third-order valence-electron chi connectivity index (χ3n) is 1.61. The monoisotopic (exact) mass is 251 g/mol. The molecule has 0 aromatic carbocycles. The molecule has 5 heteroatoms. The molecule has 0 heterocycles. The number of aliphatic hydroxyl groups excluding tert-OH is 1. The van der Waals surface area contributed by atoms with E-state index in [-0.39, 0.29) is 11.4 Å². The van der Waals surface area contributed by atoms with Crippen LogP contribution in [0.2, 0.25) is 0 Å². The average Bonchev–Trinajstić information content (AvgIpc) is 2.22. The molecule has 16 heavy (non-hydrogen) atoms. The summed E-state index contributed by atoms with van der Waals surface area (Å²) in [5, 5.41) is 11.1. The van der Waals surface area contributed by atoms with E-state index in [9.17, 15) is 4.79 Å². The molecule has 98 valence electrons. The van der Waals surface area contributed by atoms with E-state index in [0.717, 1.165) is 19.3 Å². The zero-order chi connectivity index (χ0) is 12.9. The van der Waals surface area contributed by atoms with Crippen molar-refractivity contribution in [1.29, 1.82) is 0 Å². The van der Waals surface area contributed by atoms with Crippen LogP contribution in [-0.2, 0) is 9.53 Å². The second-order valence-electron chi connectivity index (χ2n) is 3.96. The van der Waals surface area contributed by atoms with E-state index in [0.29, 0.717) is 19.6 Å². The highest BCUT2D eigenvalue weighted by Crippen LogP contribution is 2.17. The zero-order valence-corrected chi connectivity index (χ0v) is 11.4. The van der Waals surface area contributed by atoms with Crippen molar-refractivity contribution < 1.29 is 14.6 Å². The molecule has 0 aliphatic heterocycles. The molecule has 0 spiro atoms. The maximum Gasteiger partial charge on any atom is 0.120 e. The standard InChI is InChI=1S/C6H12OS.C5H13NO2/c1-6(2,8)4-3-5-7;1-6-2-4-8-5-3-7/h5,8H,3-4H2,1-2H3;6-7H,2-5H2,1H3. The van der Waals surface area contributed by atoms with Gasteiger partial charge in [-0.25, -0.2) is 0 Å². The Kier molecular flexibility index (Phi) is 14.8. The summed E-state index contributed by atoms with van der Waals surface area (Å²) in [7, 11) is 1.86. The summed E-state index contributed by atoms with van der Waals surface area (Å²) in [6.07, 6.45) is 2.41. The number of ether oxygens (including phenoxy) is 1. The Hall–Kier alpha value is -0.100. The van der Waals surface area contributed by atoms with Crippen molar-refractivity contribution in [2.24, 2.45) is 0 Å². The first-order valence-corrected chi connectivity index (χ1v) is 5.92. The Labute approximate surface area is 104 Å². The van der Waals surface area contributed by atoms with Gasteiger partial charge in [-0.05, 0) is 13.5 Å². The number of aldehydes is 1. The van der Waals surface area contributed by atoms with Gasteiger partial charge in [-0.2, -0.15) is 12.6 Å². The van der Waals surface area contributed by atoms with Crippen LogP contribution in [0.15, 0.2) is 0 Å². The summed E-state index contributed by atoms with van der Waals surface area (Å²) < 4.78 is 4.93. The predicted molar refractivity (Wildman–Crippen MR) is 70.2 cm³/mol. The molecule has 0 aliphatic carbocycles. The van der Waals surface area contributed by atoms with Crippen molar-refractivity contribution in [2.45, 2.75) is 31.4 Å². The Morgan fingerprint density at radius 3 is 2.38 bits per heavy atom. The van der Waals surface area contributed by atoms with Crippen LogP contribution < -0.4 is 5.32 Å². The van der Waals surface area contributed by atoms with Crippen LogP contribution in [0, 0.1) is 0 Å². The summed E-state index contributed by atoms with van der Waals surface area (Å²) in [6.45, 7) is 6.08. The van der Waals surface area contributed by atoms with Crippen molar-refractivity contribution in [3.8, 4) is 0 Å². The number of likely N-dealkylation sites (N-methyl/N-ethyl adjacent to an activating group) is 1. The summed E-state index contributed by atoms with van der Waals surface area (Å²) in [5.41, 5.74) is 0. The Balaban J connectivity index is 0. The fourth-order valence-corrected chi connectivity index (χ4v) is 0.882. The number of hydrogen-bond acceptors (Lipinski definition) is 5. The summed E-state index contributed by atoms with van der Waals surface area (Å²) in [5.74, 6) is 0. The van der Waals surface area contributed by atoms with Gasteiger partial charge >= 0.3 is 0 Å². The number of rotatable bonds is 8. The van der Waals surface area contributed by atoms with Gasteiger partial charge in [0.1, 0.15) is 6.29 Å². The van der Waals surface area contributed by atoms with Crippen molar-refractivity contribution >= 4 is 18.9 Å². The molecule has 0 unspecified atom stereocenters. The van der Waals surface area contributed by atoms with E-state index in [1.54, 1.807) is 0 Å². The Morgan fingerprint density at radius 1 is 1.44 bits per heavy atom. The number of thiol groups is 1. The van der Waals surface area contributed by atoms with Crippen molar-refractivity contribution in [3.05, 3.63) is 0 Å². The van der Waals surface area contributed by atoms with Gasteiger partial charge in [-0.1, -0.05) is 13.8 Å². The normalized spacial score (nSPS) is 10.6. The molecule has 0 atom stereocenters. The minimum absolute atomic E-state index is 0.0148. The maximum atomic E-state index is 9.82. The first-order valence-electron chi connectivity index (χ1n) is 5.47. The second kappa shape index (κ2) is 13.0. The zero-order valence-electron chi connectivity index (χ0n) is 10.5. The topological polar surface area (TPSA) is 58.6 Å². The molecular formula is C11H25NO3S. The van der Waals surface area contributed by atoms with Crippen LogP contribution >= 0.6 is 12.6 Å². The lowest BCUT2D eigenvalue weighted by Crippen LogP contribution is -2.15. The van der Waals surface area contributed by atoms with Gasteiger partial charge < -0.3 is 20.0 Å². The molecule has 0 aliphatic rings. The van der Waals surface area contributed by atoms with Gasteiger partial charge in [0.15, 0.2) is 0 Å². The Morgan fingerprint density at radius 2 is 2.06 bits per heavy atom. The molecule has 0 bridgehead atoms. The van der Waals surface area contributed by atoms with Crippen LogP contribution in [0.5, 0.6) is 0 Å². The maximum absolute atomic E-state index is 9.82. The molecule has 2 N–H and O–H groups in total. The molecule has 0 radical (unpaired) electrons. The van der Waals surface area contributed by atoms with E-state index in [4.69, 9.17) is 9.84 Å². The lowest BCUT2D eigenvalue weighted by Gasteiger charge is -2.13. The summed E-state index contributed by atoms with van der Waals surface area (Å²) in [4.78, 5) is 9.82. The van der Waals surface area contributed by atoms with Crippen LogP contribution in [-0.4, -0.2) is 49.6 Å². The fourth-order valence-electron chi connectivity index (χ4n) is 0.753. The van der Waals surface area contributed by atoms with Crippen molar-refractivity contribution in [2.75, 3.05) is 33.4 Å². The lowest BCUT2D eigenvalue weighted by atomic mass is 10.1. The first kappa shape index (κ1) is 18.3. The number of aliphatic hydroxyl groups is 1.